The Kier molecular flexibility index (Phi) is 6.06. The molecule has 3 N–H and O–H groups in total. The first-order chi connectivity index (χ1) is 10.3. The van der Waals surface area contributed by atoms with Gasteiger partial charge in [-0.2, -0.15) is 0 Å². The van der Waals surface area contributed by atoms with Crippen molar-refractivity contribution >= 4 is 29.5 Å². The highest BCUT2D eigenvalue weighted by atomic mass is 16.5. The Morgan fingerprint density at radius 1 is 1.18 bits per heavy atom. The molecule has 1 atom stereocenters. The van der Waals surface area contributed by atoms with Gasteiger partial charge in [-0.25, -0.2) is 9.59 Å². The van der Waals surface area contributed by atoms with Crippen LogP contribution in [0.5, 0.6) is 0 Å². The minimum absolute atomic E-state index is 0.172. The SMILES string of the molecule is CNC(=O)NC(=O)C(C)OC(=O)c1cccc(NC(C)=O)c1. The average molecular weight is 307 g/mol. The van der Waals surface area contributed by atoms with Crippen LogP contribution in [-0.4, -0.2) is 37.0 Å². The summed E-state index contributed by atoms with van der Waals surface area (Å²) in [5, 5.41) is 6.74. The van der Waals surface area contributed by atoms with E-state index in [2.05, 4.69) is 10.6 Å². The van der Waals surface area contributed by atoms with Crippen molar-refractivity contribution in [1.82, 2.24) is 10.6 Å². The van der Waals surface area contributed by atoms with Crippen molar-refractivity contribution in [2.45, 2.75) is 20.0 Å². The van der Waals surface area contributed by atoms with E-state index in [0.29, 0.717) is 5.69 Å². The predicted molar refractivity (Wildman–Crippen MR) is 78.2 cm³/mol. The number of hydrogen-bond donors (Lipinski definition) is 3. The number of esters is 1. The first-order valence-corrected chi connectivity index (χ1v) is 6.44. The van der Waals surface area contributed by atoms with Crippen molar-refractivity contribution in [3.63, 3.8) is 0 Å². The normalized spacial score (nSPS) is 11.0. The summed E-state index contributed by atoms with van der Waals surface area (Å²) in [7, 11) is 1.35. The van der Waals surface area contributed by atoms with E-state index in [0.717, 1.165) is 0 Å². The number of nitrogens with one attached hydrogen (secondary N) is 3. The fraction of sp³-hybridized carbons (Fsp3) is 0.286. The first kappa shape index (κ1) is 17.2. The molecule has 4 amide bonds. The topological polar surface area (TPSA) is 114 Å². The number of carbonyl (C=O) groups is 4. The maximum Gasteiger partial charge on any atom is 0.338 e. The second-order valence-electron chi connectivity index (χ2n) is 4.38. The van der Waals surface area contributed by atoms with E-state index in [-0.39, 0.29) is 11.5 Å². The van der Waals surface area contributed by atoms with Crippen LogP contribution in [0.1, 0.15) is 24.2 Å². The second kappa shape index (κ2) is 7.77. The van der Waals surface area contributed by atoms with E-state index >= 15 is 0 Å². The average Bonchev–Trinajstić information content (AvgIpc) is 2.46. The zero-order chi connectivity index (χ0) is 16.7. The third-order valence-corrected chi connectivity index (χ3v) is 2.54. The molecule has 0 spiro atoms. The Balaban J connectivity index is 2.70. The smallest absolute Gasteiger partial charge is 0.338 e. The highest BCUT2D eigenvalue weighted by Gasteiger charge is 2.20. The Morgan fingerprint density at radius 2 is 1.86 bits per heavy atom. The van der Waals surface area contributed by atoms with Gasteiger partial charge in [0.25, 0.3) is 5.91 Å². The van der Waals surface area contributed by atoms with Crippen LogP contribution in [0.15, 0.2) is 24.3 Å². The van der Waals surface area contributed by atoms with Gasteiger partial charge in [0.15, 0.2) is 6.10 Å². The van der Waals surface area contributed by atoms with Crippen LogP contribution in [0.4, 0.5) is 10.5 Å². The van der Waals surface area contributed by atoms with E-state index in [1.807, 2.05) is 5.32 Å². The molecule has 8 heteroatoms. The van der Waals surface area contributed by atoms with Crippen molar-refractivity contribution in [2.24, 2.45) is 0 Å². The summed E-state index contributed by atoms with van der Waals surface area (Å²) >= 11 is 0. The third kappa shape index (κ3) is 5.23. The summed E-state index contributed by atoms with van der Waals surface area (Å²) < 4.78 is 4.96. The summed E-state index contributed by atoms with van der Waals surface area (Å²) in [5.41, 5.74) is 0.607. The summed E-state index contributed by atoms with van der Waals surface area (Å²) in [6.07, 6.45) is -1.14. The predicted octanol–water partition coefficient (Wildman–Crippen LogP) is 0.646. The number of urea groups is 1. The number of anilines is 1. The molecule has 1 aromatic rings. The van der Waals surface area contributed by atoms with E-state index in [4.69, 9.17) is 4.74 Å². The van der Waals surface area contributed by atoms with Gasteiger partial charge in [0.2, 0.25) is 5.91 Å². The lowest BCUT2D eigenvalue weighted by Gasteiger charge is -2.13. The minimum Gasteiger partial charge on any atom is -0.449 e. The minimum atomic E-state index is -1.14. The quantitative estimate of drug-likeness (QED) is 0.707. The molecule has 1 rings (SSSR count). The summed E-state index contributed by atoms with van der Waals surface area (Å²) in [4.78, 5) is 45.5. The van der Waals surface area contributed by atoms with Crippen LogP contribution >= 0.6 is 0 Å². The van der Waals surface area contributed by atoms with E-state index in [1.165, 1.54) is 33.0 Å². The van der Waals surface area contributed by atoms with E-state index in [1.54, 1.807) is 12.1 Å². The standard InChI is InChI=1S/C14H17N3O5/c1-8(12(19)17-14(21)15-3)22-13(20)10-5-4-6-11(7-10)16-9(2)18/h4-8H,1-3H3,(H,16,18)(H2,15,17,19,21). The number of carbonyl (C=O) groups excluding carboxylic acids is 4. The Labute approximate surface area is 127 Å². The second-order valence-corrected chi connectivity index (χ2v) is 4.38. The molecule has 118 valence electrons. The van der Waals surface area contributed by atoms with Gasteiger partial charge in [0, 0.05) is 19.7 Å². The Bertz CT molecular complexity index is 600. The molecular formula is C14H17N3O5. The molecule has 0 bridgehead atoms. The fourth-order valence-corrected chi connectivity index (χ4v) is 1.49. The Morgan fingerprint density at radius 3 is 2.45 bits per heavy atom. The van der Waals surface area contributed by atoms with E-state index in [9.17, 15) is 19.2 Å². The molecule has 1 aromatic carbocycles. The fourth-order valence-electron chi connectivity index (χ4n) is 1.49. The lowest BCUT2D eigenvalue weighted by Crippen LogP contribution is -2.43. The molecule has 22 heavy (non-hydrogen) atoms. The highest BCUT2D eigenvalue weighted by molar-refractivity contribution is 5.99. The molecule has 0 saturated carbocycles. The number of benzene rings is 1. The molecule has 0 aliphatic heterocycles. The van der Waals surface area contributed by atoms with Gasteiger partial charge in [0.1, 0.15) is 0 Å². The maximum atomic E-state index is 11.9. The van der Waals surface area contributed by atoms with Gasteiger partial charge < -0.3 is 15.4 Å². The third-order valence-electron chi connectivity index (χ3n) is 2.54. The van der Waals surface area contributed by atoms with Crippen LogP contribution in [0.25, 0.3) is 0 Å². The zero-order valence-electron chi connectivity index (χ0n) is 12.4. The van der Waals surface area contributed by atoms with Crippen molar-refractivity contribution in [3.8, 4) is 0 Å². The number of amides is 4. The van der Waals surface area contributed by atoms with Crippen LogP contribution in [0.2, 0.25) is 0 Å². The zero-order valence-corrected chi connectivity index (χ0v) is 12.4. The van der Waals surface area contributed by atoms with Crippen LogP contribution in [0.3, 0.4) is 0 Å². The molecular weight excluding hydrogens is 290 g/mol. The molecule has 0 aliphatic carbocycles. The molecule has 0 saturated heterocycles. The monoisotopic (exact) mass is 307 g/mol. The van der Waals surface area contributed by atoms with E-state index < -0.39 is 24.0 Å². The van der Waals surface area contributed by atoms with Gasteiger partial charge in [-0.15, -0.1) is 0 Å². The van der Waals surface area contributed by atoms with Crippen molar-refractivity contribution in [3.05, 3.63) is 29.8 Å². The summed E-state index contributed by atoms with van der Waals surface area (Å²) in [6.45, 7) is 2.68. The van der Waals surface area contributed by atoms with Crippen LogP contribution in [0, 0.1) is 0 Å². The molecule has 0 radical (unpaired) electrons. The summed E-state index contributed by atoms with van der Waals surface area (Å²) in [5.74, 6) is -1.76. The molecule has 0 fully saturated rings. The Hall–Kier alpha value is -2.90. The number of ether oxygens (including phenoxy) is 1. The molecule has 1 unspecified atom stereocenters. The van der Waals surface area contributed by atoms with Crippen LogP contribution in [-0.2, 0) is 14.3 Å². The maximum absolute atomic E-state index is 11.9. The lowest BCUT2D eigenvalue weighted by atomic mass is 10.2. The number of imide groups is 1. The molecule has 0 aliphatic rings. The first-order valence-electron chi connectivity index (χ1n) is 6.44. The van der Waals surface area contributed by atoms with Gasteiger partial charge in [0.05, 0.1) is 5.56 Å². The van der Waals surface area contributed by atoms with Crippen LogP contribution < -0.4 is 16.0 Å². The highest BCUT2D eigenvalue weighted by Crippen LogP contribution is 2.12. The van der Waals surface area contributed by atoms with Gasteiger partial charge >= 0.3 is 12.0 Å². The van der Waals surface area contributed by atoms with Crippen molar-refractivity contribution < 1.29 is 23.9 Å². The largest absolute Gasteiger partial charge is 0.449 e. The number of hydrogen-bond acceptors (Lipinski definition) is 5. The van der Waals surface area contributed by atoms with Crippen molar-refractivity contribution in [1.29, 1.82) is 0 Å². The van der Waals surface area contributed by atoms with Gasteiger partial charge in [-0.05, 0) is 25.1 Å². The molecule has 8 nitrogen and oxygen atoms in total. The summed E-state index contributed by atoms with van der Waals surface area (Å²) in [6, 6.07) is 5.39. The van der Waals surface area contributed by atoms with Gasteiger partial charge in [-0.3, -0.25) is 14.9 Å². The molecule has 0 aromatic heterocycles. The van der Waals surface area contributed by atoms with Crippen molar-refractivity contribution in [2.75, 3.05) is 12.4 Å². The molecule has 0 heterocycles. The lowest BCUT2D eigenvalue weighted by molar-refractivity contribution is -0.127. The number of rotatable bonds is 4. The van der Waals surface area contributed by atoms with Gasteiger partial charge in [-0.1, -0.05) is 6.07 Å².